The molecule has 1 N–H and O–H groups in total. The van der Waals surface area contributed by atoms with E-state index in [1.807, 2.05) is 6.92 Å². The number of carbonyl (C=O) groups excluding carboxylic acids is 2. The lowest BCUT2D eigenvalue weighted by Crippen LogP contribution is -2.25. The van der Waals surface area contributed by atoms with Crippen LogP contribution >= 0.6 is 12.6 Å². The van der Waals surface area contributed by atoms with Crippen LogP contribution in [0.5, 0.6) is 0 Å². The van der Waals surface area contributed by atoms with Crippen LogP contribution in [0.3, 0.4) is 0 Å². The van der Waals surface area contributed by atoms with Crippen LogP contribution in [-0.2, 0) is 4.79 Å². The van der Waals surface area contributed by atoms with Crippen molar-refractivity contribution in [2.75, 3.05) is 12.3 Å². The van der Waals surface area contributed by atoms with E-state index in [4.69, 9.17) is 0 Å². The van der Waals surface area contributed by atoms with Crippen LogP contribution in [0, 0.1) is 5.92 Å². The van der Waals surface area contributed by atoms with Crippen LogP contribution in [0.2, 0.25) is 0 Å². The third-order valence-electron chi connectivity index (χ3n) is 2.63. The van der Waals surface area contributed by atoms with Gasteiger partial charge >= 0.3 is 0 Å². The molecule has 1 unspecified atom stereocenters. The molecule has 0 aliphatic heterocycles. The summed E-state index contributed by atoms with van der Waals surface area (Å²) in [5.74, 6) is 0.599. The summed E-state index contributed by atoms with van der Waals surface area (Å²) in [5, 5.41) is 2.76. The Labute approximate surface area is 113 Å². The highest BCUT2D eigenvalue weighted by molar-refractivity contribution is 7.80. The summed E-state index contributed by atoms with van der Waals surface area (Å²) in [6, 6.07) is 3.42. The third-order valence-corrected chi connectivity index (χ3v) is 3.18. The average molecular weight is 266 g/mol. The highest BCUT2D eigenvalue weighted by atomic mass is 32.1. The molecule has 0 bridgehead atoms. The van der Waals surface area contributed by atoms with Gasteiger partial charge in [0.15, 0.2) is 0 Å². The molecule has 1 heterocycles. The number of carbonyl (C=O) groups is 2. The van der Waals surface area contributed by atoms with Crippen molar-refractivity contribution in [2.24, 2.45) is 5.92 Å². The molecule has 1 amide bonds. The van der Waals surface area contributed by atoms with E-state index in [2.05, 4.69) is 22.9 Å². The third kappa shape index (κ3) is 4.87. The second-order valence-corrected chi connectivity index (χ2v) is 4.52. The number of nitrogens with one attached hydrogen (secondary N) is 1. The largest absolute Gasteiger partial charge is 0.352 e. The second-order valence-electron chi connectivity index (χ2n) is 4.15. The lowest BCUT2D eigenvalue weighted by atomic mass is 10.0. The number of pyridine rings is 1. The molecule has 0 spiro atoms. The Bertz CT molecular complexity index is 395. The summed E-state index contributed by atoms with van der Waals surface area (Å²) >= 11 is 4.08. The van der Waals surface area contributed by atoms with Crippen molar-refractivity contribution in [3.8, 4) is 0 Å². The smallest absolute Gasteiger partial charge is 0.252 e. The Morgan fingerprint density at radius 3 is 2.89 bits per heavy atom. The Balaban J connectivity index is 2.23. The molecule has 0 fully saturated rings. The van der Waals surface area contributed by atoms with E-state index in [0.717, 1.165) is 0 Å². The first-order chi connectivity index (χ1) is 8.65. The maximum atomic E-state index is 11.6. The quantitative estimate of drug-likeness (QED) is 0.583. The highest BCUT2D eigenvalue weighted by Gasteiger charge is 2.10. The van der Waals surface area contributed by atoms with Gasteiger partial charge in [0.05, 0.1) is 5.56 Å². The molecule has 4 nitrogen and oxygen atoms in total. The van der Waals surface area contributed by atoms with Gasteiger partial charge in [-0.05, 0) is 24.3 Å². The van der Waals surface area contributed by atoms with Crippen LogP contribution in [-0.4, -0.2) is 29.0 Å². The van der Waals surface area contributed by atoms with Gasteiger partial charge in [-0.25, -0.2) is 0 Å². The zero-order chi connectivity index (χ0) is 13.4. The molecular weight excluding hydrogens is 248 g/mol. The zero-order valence-corrected chi connectivity index (χ0v) is 11.3. The standard InChI is InChI=1S/C13H18N2O2S/c1-10(9-18)12(16)5-3-7-15-13(17)11-4-2-6-14-8-11/h2,4,6,8,10,18H,3,5,7,9H2,1H3,(H,15,17). The van der Waals surface area contributed by atoms with E-state index in [1.54, 1.807) is 18.3 Å². The van der Waals surface area contributed by atoms with Crippen LogP contribution in [0.4, 0.5) is 0 Å². The molecule has 0 saturated carbocycles. The minimum absolute atomic E-state index is 0.0117. The maximum Gasteiger partial charge on any atom is 0.252 e. The van der Waals surface area contributed by atoms with E-state index in [1.165, 1.54) is 6.20 Å². The number of Topliss-reactive ketones (excluding diaryl/α,β-unsaturated/α-hetero) is 1. The van der Waals surface area contributed by atoms with Crippen LogP contribution < -0.4 is 5.32 Å². The monoisotopic (exact) mass is 266 g/mol. The van der Waals surface area contributed by atoms with E-state index in [0.29, 0.717) is 30.7 Å². The fourth-order valence-corrected chi connectivity index (χ4v) is 1.62. The Morgan fingerprint density at radius 2 is 2.28 bits per heavy atom. The topological polar surface area (TPSA) is 59.1 Å². The van der Waals surface area contributed by atoms with E-state index in [9.17, 15) is 9.59 Å². The summed E-state index contributed by atoms with van der Waals surface area (Å²) in [6.45, 7) is 2.36. The van der Waals surface area contributed by atoms with E-state index >= 15 is 0 Å². The zero-order valence-electron chi connectivity index (χ0n) is 10.4. The molecule has 1 rings (SSSR count). The van der Waals surface area contributed by atoms with Gasteiger partial charge in [0.1, 0.15) is 5.78 Å². The van der Waals surface area contributed by atoms with E-state index < -0.39 is 0 Å². The number of rotatable bonds is 7. The van der Waals surface area contributed by atoms with Crippen molar-refractivity contribution in [3.05, 3.63) is 30.1 Å². The average Bonchev–Trinajstić information content (AvgIpc) is 2.43. The van der Waals surface area contributed by atoms with Gasteiger partial charge in [-0.15, -0.1) is 0 Å². The highest BCUT2D eigenvalue weighted by Crippen LogP contribution is 2.04. The van der Waals surface area contributed by atoms with Gasteiger partial charge in [-0.1, -0.05) is 6.92 Å². The van der Waals surface area contributed by atoms with Crippen molar-refractivity contribution >= 4 is 24.3 Å². The molecule has 0 radical (unpaired) electrons. The Hall–Kier alpha value is -1.36. The van der Waals surface area contributed by atoms with E-state index in [-0.39, 0.29) is 17.6 Å². The summed E-state index contributed by atoms with van der Waals surface area (Å²) in [6.07, 6.45) is 4.27. The summed E-state index contributed by atoms with van der Waals surface area (Å²) in [7, 11) is 0. The fraction of sp³-hybridized carbons (Fsp3) is 0.462. The number of ketones is 1. The molecular formula is C13H18N2O2S. The molecule has 0 aliphatic rings. The number of aromatic nitrogens is 1. The van der Waals surface area contributed by atoms with Gasteiger partial charge in [0.2, 0.25) is 0 Å². The van der Waals surface area contributed by atoms with Crippen molar-refractivity contribution in [2.45, 2.75) is 19.8 Å². The predicted molar refractivity (Wildman–Crippen MR) is 73.8 cm³/mol. The second kappa shape index (κ2) is 7.87. The molecule has 1 atom stereocenters. The number of amides is 1. The van der Waals surface area contributed by atoms with Gasteiger partial charge in [-0.3, -0.25) is 14.6 Å². The lowest BCUT2D eigenvalue weighted by Gasteiger charge is -2.07. The summed E-state index contributed by atoms with van der Waals surface area (Å²) in [4.78, 5) is 27.0. The molecule has 1 aromatic heterocycles. The molecule has 0 saturated heterocycles. The molecule has 0 aliphatic carbocycles. The van der Waals surface area contributed by atoms with Crippen molar-refractivity contribution in [1.29, 1.82) is 0 Å². The normalized spacial score (nSPS) is 11.9. The number of thiol groups is 1. The summed E-state index contributed by atoms with van der Waals surface area (Å²) in [5.41, 5.74) is 0.535. The van der Waals surface area contributed by atoms with Crippen LogP contribution in [0.25, 0.3) is 0 Å². The van der Waals surface area contributed by atoms with Gasteiger partial charge in [-0.2, -0.15) is 12.6 Å². The fourth-order valence-electron chi connectivity index (χ4n) is 1.41. The van der Waals surface area contributed by atoms with Gasteiger partial charge in [0.25, 0.3) is 5.91 Å². The van der Waals surface area contributed by atoms with Crippen molar-refractivity contribution < 1.29 is 9.59 Å². The minimum atomic E-state index is -0.155. The summed E-state index contributed by atoms with van der Waals surface area (Å²) < 4.78 is 0. The lowest BCUT2D eigenvalue weighted by molar-refractivity contribution is -0.121. The van der Waals surface area contributed by atoms with Crippen molar-refractivity contribution in [1.82, 2.24) is 10.3 Å². The number of hydrogen-bond donors (Lipinski definition) is 2. The Morgan fingerprint density at radius 1 is 1.50 bits per heavy atom. The Kier molecular flexibility index (Phi) is 6.43. The van der Waals surface area contributed by atoms with Gasteiger partial charge in [0, 0.05) is 31.3 Å². The first kappa shape index (κ1) is 14.7. The van der Waals surface area contributed by atoms with Crippen molar-refractivity contribution in [3.63, 3.8) is 0 Å². The first-order valence-corrected chi connectivity index (χ1v) is 6.60. The maximum absolute atomic E-state index is 11.6. The molecule has 5 heteroatoms. The van der Waals surface area contributed by atoms with Crippen LogP contribution in [0.15, 0.2) is 24.5 Å². The van der Waals surface area contributed by atoms with Gasteiger partial charge < -0.3 is 5.32 Å². The SMILES string of the molecule is CC(CS)C(=O)CCCNC(=O)c1cccnc1. The molecule has 0 aromatic carbocycles. The first-order valence-electron chi connectivity index (χ1n) is 5.97. The predicted octanol–water partition coefficient (Wildman–Crippen LogP) is 1.73. The number of nitrogens with zero attached hydrogens (tertiary/aromatic N) is 1. The molecule has 18 heavy (non-hydrogen) atoms. The minimum Gasteiger partial charge on any atom is -0.352 e. The molecule has 1 aromatic rings. The molecule has 98 valence electrons. The van der Waals surface area contributed by atoms with Crippen LogP contribution in [0.1, 0.15) is 30.1 Å². The number of hydrogen-bond acceptors (Lipinski definition) is 4.